The van der Waals surface area contributed by atoms with Crippen LogP contribution in [0.2, 0.25) is 0 Å². The van der Waals surface area contributed by atoms with E-state index in [1.165, 1.54) is 27.9 Å². The molecule has 0 bridgehead atoms. The molecular weight excluding hydrogens is 550 g/mol. The number of aromatic nitrogens is 2. The highest BCUT2D eigenvalue weighted by Gasteiger charge is 2.41. The van der Waals surface area contributed by atoms with Gasteiger partial charge in [0.15, 0.2) is 5.11 Å². The zero-order valence-electron chi connectivity index (χ0n) is 25.3. The highest BCUT2D eigenvalue weighted by atomic mass is 32.1. The molecule has 0 spiro atoms. The Hall–Kier alpha value is -4.49. The number of hydrogen-bond acceptors (Lipinski definition) is 3. The summed E-state index contributed by atoms with van der Waals surface area (Å²) in [5, 5.41) is 9.44. The average Bonchev–Trinajstić information content (AvgIpc) is 3.46. The van der Waals surface area contributed by atoms with Crippen molar-refractivity contribution in [3.63, 3.8) is 0 Å². The Labute approximate surface area is 258 Å². The van der Waals surface area contributed by atoms with Gasteiger partial charge in [0.05, 0.1) is 23.5 Å². The van der Waals surface area contributed by atoms with Gasteiger partial charge < -0.3 is 20.1 Å². The molecule has 1 aliphatic rings. The van der Waals surface area contributed by atoms with Crippen LogP contribution in [0.5, 0.6) is 0 Å². The van der Waals surface area contributed by atoms with Gasteiger partial charge in [-0.05, 0) is 93.2 Å². The standard InChI is InChI=1S/C36H37N5OS/c1-22-19-23(2)34(24(3)20-22)41-25(4)21-29(26(41)5)35-33(31-14-8-9-17-37-31)39-36(43)40(35)18-16-32(42)38-30-15-10-12-27-11-6-7-13-28(27)30/h6-15,17,19-21,33,35H,16,18H2,1-5H3,(H,38,42)(H,39,43)/t33-,35-/m0/s1. The fourth-order valence-electron chi connectivity index (χ4n) is 6.71. The molecule has 1 aliphatic heterocycles. The van der Waals surface area contributed by atoms with Crippen LogP contribution in [0.15, 0.2) is 85.1 Å². The number of amides is 1. The predicted octanol–water partition coefficient (Wildman–Crippen LogP) is 7.57. The third kappa shape index (κ3) is 5.41. The molecule has 0 aliphatic carbocycles. The lowest BCUT2D eigenvalue weighted by Gasteiger charge is -2.28. The highest BCUT2D eigenvalue weighted by molar-refractivity contribution is 7.80. The van der Waals surface area contributed by atoms with Crippen molar-refractivity contribution in [3.05, 3.63) is 124 Å². The van der Waals surface area contributed by atoms with Crippen molar-refractivity contribution < 1.29 is 4.79 Å². The van der Waals surface area contributed by atoms with E-state index in [-0.39, 0.29) is 18.0 Å². The first-order chi connectivity index (χ1) is 20.7. The minimum atomic E-state index is -0.149. The van der Waals surface area contributed by atoms with Gasteiger partial charge >= 0.3 is 0 Å². The number of nitrogens with one attached hydrogen (secondary N) is 2. The van der Waals surface area contributed by atoms with E-state index in [4.69, 9.17) is 17.2 Å². The summed E-state index contributed by atoms with van der Waals surface area (Å²) in [4.78, 5) is 20.2. The molecule has 43 heavy (non-hydrogen) atoms. The van der Waals surface area contributed by atoms with Gasteiger partial charge in [-0.25, -0.2) is 0 Å². The van der Waals surface area contributed by atoms with Gasteiger partial charge in [-0.1, -0.05) is 60.2 Å². The summed E-state index contributed by atoms with van der Waals surface area (Å²) < 4.78 is 2.36. The fraction of sp³-hybridized carbons (Fsp3) is 0.250. The maximum Gasteiger partial charge on any atom is 0.226 e. The van der Waals surface area contributed by atoms with Crippen molar-refractivity contribution in [3.8, 4) is 5.69 Å². The molecule has 1 saturated heterocycles. The molecule has 0 saturated carbocycles. The summed E-state index contributed by atoms with van der Waals surface area (Å²) in [6.45, 7) is 11.3. The zero-order valence-corrected chi connectivity index (χ0v) is 26.1. The van der Waals surface area contributed by atoms with Gasteiger partial charge in [-0.2, -0.15) is 0 Å². The van der Waals surface area contributed by atoms with Crippen LogP contribution in [0.3, 0.4) is 0 Å². The van der Waals surface area contributed by atoms with Crippen molar-refractivity contribution in [2.24, 2.45) is 0 Å². The SMILES string of the molecule is Cc1cc(C)c(-n2c(C)cc([C@H]3[C@H](c4ccccn4)NC(=S)N3CCC(=O)Nc3cccc4ccccc34)c2C)c(C)c1. The lowest BCUT2D eigenvalue weighted by Crippen LogP contribution is -2.33. The Morgan fingerprint density at radius 3 is 2.40 bits per heavy atom. The molecule has 0 unspecified atom stereocenters. The fourth-order valence-corrected chi connectivity index (χ4v) is 7.04. The largest absolute Gasteiger partial charge is 0.352 e. The van der Waals surface area contributed by atoms with Crippen LogP contribution >= 0.6 is 12.2 Å². The quantitative estimate of drug-likeness (QED) is 0.192. The summed E-state index contributed by atoms with van der Waals surface area (Å²) in [6.07, 6.45) is 2.12. The normalized spacial score (nSPS) is 16.5. The Morgan fingerprint density at radius 1 is 0.930 bits per heavy atom. The summed E-state index contributed by atoms with van der Waals surface area (Å²) in [6, 6.07) is 26.5. The molecule has 3 heterocycles. The van der Waals surface area contributed by atoms with E-state index >= 15 is 0 Å². The second kappa shape index (κ2) is 11.7. The first-order valence-corrected chi connectivity index (χ1v) is 15.2. The van der Waals surface area contributed by atoms with Crippen LogP contribution in [-0.4, -0.2) is 32.0 Å². The molecule has 3 aromatic carbocycles. The lowest BCUT2D eigenvalue weighted by atomic mass is 9.96. The number of aryl methyl sites for hydroxylation is 4. The van der Waals surface area contributed by atoms with E-state index in [0.29, 0.717) is 18.1 Å². The first kappa shape index (κ1) is 28.6. The van der Waals surface area contributed by atoms with Gasteiger partial charge in [-0.3, -0.25) is 9.78 Å². The van der Waals surface area contributed by atoms with Gasteiger partial charge in [0.1, 0.15) is 0 Å². The Bertz CT molecular complexity index is 1820. The van der Waals surface area contributed by atoms with Crippen molar-refractivity contribution in [2.45, 2.75) is 53.1 Å². The molecule has 0 radical (unpaired) electrons. The number of anilines is 1. The Kier molecular flexibility index (Phi) is 7.75. The molecule has 2 aromatic heterocycles. The van der Waals surface area contributed by atoms with E-state index in [2.05, 4.69) is 85.1 Å². The summed E-state index contributed by atoms with van der Waals surface area (Å²) in [7, 11) is 0. The van der Waals surface area contributed by atoms with Gasteiger partial charge in [0.25, 0.3) is 0 Å². The van der Waals surface area contributed by atoms with Crippen LogP contribution in [0.25, 0.3) is 16.5 Å². The van der Waals surface area contributed by atoms with Gasteiger partial charge in [-0.15, -0.1) is 0 Å². The third-order valence-corrected chi connectivity index (χ3v) is 8.84. The highest BCUT2D eigenvalue weighted by Crippen LogP contribution is 2.42. The van der Waals surface area contributed by atoms with Crippen LogP contribution in [0.1, 0.15) is 57.8 Å². The van der Waals surface area contributed by atoms with Gasteiger partial charge in [0.2, 0.25) is 5.91 Å². The molecule has 5 aromatic rings. The second-order valence-electron chi connectivity index (χ2n) is 11.6. The number of hydrogen-bond donors (Lipinski definition) is 2. The maximum absolute atomic E-state index is 13.3. The molecule has 1 fully saturated rings. The summed E-state index contributed by atoms with van der Waals surface area (Å²) in [5.41, 5.74) is 10.2. The zero-order chi connectivity index (χ0) is 30.2. The number of fused-ring (bicyclic) bond motifs is 1. The number of benzene rings is 3. The molecule has 2 N–H and O–H groups in total. The Balaban J connectivity index is 1.34. The molecule has 218 valence electrons. The summed E-state index contributed by atoms with van der Waals surface area (Å²) >= 11 is 5.92. The minimum absolute atomic E-state index is 0.0458. The molecule has 6 rings (SSSR count). The number of carbonyl (C=O) groups excluding carboxylic acids is 1. The molecule has 7 heteroatoms. The second-order valence-corrected chi connectivity index (χ2v) is 11.9. The predicted molar refractivity (Wildman–Crippen MR) is 179 cm³/mol. The van der Waals surface area contributed by atoms with Crippen LogP contribution in [0, 0.1) is 34.6 Å². The number of carbonyl (C=O) groups is 1. The van der Waals surface area contributed by atoms with E-state index in [9.17, 15) is 4.79 Å². The molecular formula is C36H37N5OS. The number of thiocarbonyl (C=S) groups is 1. The van der Waals surface area contributed by atoms with E-state index in [1.54, 1.807) is 0 Å². The first-order valence-electron chi connectivity index (χ1n) is 14.8. The Morgan fingerprint density at radius 2 is 1.65 bits per heavy atom. The molecule has 1 amide bonds. The van der Waals surface area contributed by atoms with E-state index in [1.807, 2.05) is 54.7 Å². The maximum atomic E-state index is 13.3. The smallest absolute Gasteiger partial charge is 0.226 e. The average molecular weight is 588 g/mol. The van der Waals surface area contributed by atoms with Crippen molar-refractivity contribution >= 4 is 39.7 Å². The lowest BCUT2D eigenvalue weighted by molar-refractivity contribution is -0.116. The number of nitrogens with zero attached hydrogens (tertiary/aromatic N) is 3. The number of rotatable bonds is 7. The van der Waals surface area contributed by atoms with Gasteiger partial charge in [0, 0.05) is 41.6 Å². The van der Waals surface area contributed by atoms with Crippen molar-refractivity contribution in [1.29, 1.82) is 0 Å². The minimum Gasteiger partial charge on any atom is -0.352 e. The van der Waals surface area contributed by atoms with Crippen LogP contribution in [0.4, 0.5) is 5.69 Å². The summed E-state index contributed by atoms with van der Waals surface area (Å²) in [5.74, 6) is -0.0458. The van der Waals surface area contributed by atoms with Crippen LogP contribution in [-0.2, 0) is 4.79 Å². The number of pyridine rings is 1. The van der Waals surface area contributed by atoms with Crippen molar-refractivity contribution in [2.75, 3.05) is 11.9 Å². The van der Waals surface area contributed by atoms with Crippen molar-refractivity contribution in [1.82, 2.24) is 19.8 Å². The van der Waals surface area contributed by atoms with Crippen LogP contribution < -0.4 is 10.6 Å². The van der Waals surface area contributed by atoms with E-state index in [0.717, 1.165) is 33.5 Å². The third-order valence-electron chi connectivity index (χ3n) is 8.49. The topological polar surface area (TPSA) is 62.2 Å². The monoisotopic (exact) mass is 587 g/mol. The molecule has 2 atom stereocenters. The molecule has 6 nitrogen and oxygen atoms in total. The van der Waals surface area contributed by atoms with E-state index < -0.39 is 0 Å².